The number of carbonyl (C=O) groups excluding carboxylic acids is 1. The van der Waals surface area contributed by atoms with Gasteiger partial charge in [0, 0.05) is 24.2 Å². The molecule has 1 aromatic rings. The molecule has 7 atom stereocenters. The van der Waals surface area contributed by atoms with Crippen molar-refractivity contribution in [3.05, 3.63) is 34.5 Å². The molecule has 0 aromatic heterocycles. The molecule has 2 saturated carbocycles. The van der Waals surface area contributed by atoms with Crippen LogP contribution in [0.1, 0.15) is 101 Å². The minimum Gasteiger partial charge on any atom is -0.633 e. The van der Waals surface area contributed by atoms with Gasteiger partial charge in [0.05, 0.1) is 20.1 Å². The molecular formula is C34H45F10NO3. The maximum Gasteiger partial charge on any atom is 0.460 e. The molecule has 1 unspecified atom stereocenters. The Bertz CT molecular complexity index is 1290. The third kappa shape index (κ3) is 7.49. The lowest BCUT2D eigenvalue weighted by Gasteiger charge is -2.53. The van der Waals surface area contributed by atoms with Gasteiger partial charge in [0.1, 0.15) is 17.7 Å². The molecule has 0 spiro atoms. The number of benzene rings is 1. The number of fused-ring (bicyclic) bond motifs is 5. The maximum atomic E-state index is 15.9. The van der Waals surface area contributed by atoms with E-state index in [0.717, 1.165) is 30.4 Å². The number of hydroxylamine groups is 3. The first-order valence-corrected chi connectivity index (χ1v) is 16.8. The monoisotopic (exact) mass is 705 g/mol. The lowest BCUT2D eigenvalue weighted by Crippen LogP contribution is -2.60. The Morgan fingerprint density at radius 2 is 1.52 bits per heavy atom. The SMILES string of the molecule is C[C@]12C[C@H](F)[C@@H]3c4ccc(O)cc4C[C@@H](CCCCC[N+](C)([O-])CCCCCCC(F)(F)C(F)(F)C(F)(F)C(F)(F)F)[C@H]3[C@@H]1CCC2=O. The van der Waals surface area contributed by atoms with E-state index in [1.165, 1.54) is 7.05 Å². The summed E-state index contributed by atoms with van der Waals surface area (Å²) in [6.07, 6.45) is -5.49. The van der Waals surface area contributed by atoms with Crippen molar-refractivity contribution in [1.82, 2.24) is 0 Å². The summed E-state index contributed by atoms with van der Waals surface area (Å²) in [4.78, 5) is 12.9. The Balaban J connectivity index is 1.22. The van der Waals surface area contributed by atoms with E-state index in [-0.39, 0.29) is 74.0 Å². The largest absolute Gasteiger partial charge is 0.633 e. The molecule has 48 heavy (non-hydrogen) atoms. The molecule has 1 N–H and O–H groups in total. The molecule has 0 amide bonds. The first kappa shape index (κ1) is 38.7. The van der Waals surface area contributed by atoms with Gasteiger partial charge in [-0.15, -0.1) is 0 Å². The highest BCUT2D eigenvalue weighted by atomic mass is 19.4. The molecule has 1 aromatic carbocycles. The van der Waals surface area contributed by atoms with Crippen LogP contribution in [-0.4, -0.2) is 65.8 Å². The van der Waals surface area contributed by atoms with Gasteiger partial charge >= 0.3 is 23.9 Å². The number of rotatable bonds is 15. The lowest BCUT2D eigenvalue weighted by molar-refractivity contribution is -0.861. The molecule has 14 heteroatoms. The highest BCUT2D eigenvalue weighted by molar-refractivity contribution is 5.87. The molecule has 0 saturated heterocycles. The molecule has 4 nitrogen and oxygen atoms in total. The van der Waals surface area contributed by atoms with E-state index in [2.05, 4.69) is 0 Å². The number of quaternary nitrogens is 1. The fourth-order valence-corrected chi connectivity index (χ4v) is 8.69. The molecule has 0 radical (unpaired) electrons. The zero-order valence-electron chi connectivity index (χ0n) is 27.2. The lowest BCUT2D eigenvalue weighted by atomic mass is 9.51. The van der Waals surface area contributed by atoms with Crippen LogP contribution in [0.3, 0.4) is 0 Å². The van der Waals surface area contributed by atoms with Gasteiger partial charge in [0.2, 0.25) is 0 Å². The summed E-state index contributed by atoms with van der Waals surface area (Å²) in [5.41, 5.74) is 1.16. The van der Waals surface area contributed by atoms with Crippen LogP contribution < -0.4 is 0 Å². The van der Waals surface area contributed by atoms with Crippen LogP contribution in [0, 0.1) is 28.4 Å². The number of nitrogens with zero attached hydrogens (tertiary/aromatic N) is 1. The topological polar surface area (TPSA) is 60.4 Å². The number of ketones is 1. The Morgan fingerprint density at radius 1 is 0.917 bits per heavy atom. The maximum absolute atomic E-state index is 15.9. The average Bonchev–Trinajstić information content (AvgIpc) is 3.26. The second kappa shape index (κ2) is 13.9. The summed E-state index contributed by atoms with van der Waals surface area (Å²) >= 11 is 0. The second-order valence-electron chi connectivity index (χ2n) is 14.8. The van der Waals surface area contributed by atoms with Gasteiger partial charge in [-0.3, -0.25) is 4.79 Å². The van der Waals surface area contributed by atoms with Crippen molar-refractivity contribution in [2.24, 2.45) is 23.2 Å². The average molecular weight is 706 g/mol. The predicted octanol–water partition coefficient (Wildman–Crippen LogP) is 9.91. The zero-order chi connectivity index (χ0) is 35.9. The van der Waals surface area contributed by atoms with Crippen molar-refractivity contribution in [1.29, 1.82) is 0 Å². The molecule has 3 aliphatic carbocycles. The van der Waals surface area contributed by atoms with E-state index < -0.39 is 53.0 Å². The summed E-state index contributed by atoms with van der Waals surface area (Å²) in [6, 6.07) is 5.10. The zero-order valence-corrected chi connectivity index (χ0v) is 27.2. The standard InChI is InChI=1S/C34H45F10NO3/c1-30-20-26(35)29-24-12-11-23(46)19-22(24)18-21(28(29)25(30)13-14-27(30)47)10-6-5-9-17-45(2,48)16-8-4-3-7-15-31(36,37)32(38,39)33(40,41)34(42,43)44/h11-12,19,21,25-26,28-29,46H,3-10,13-18,20H2,1-2H3/t21-,25+,26+,28+,29+,30+,45?/m1/s1. The first-order chi connectivity index (χ1) is 22.1. The summed E-state index contributed by atoms with van der Waals surface area (Å²) in [7, 11) is 1.43. The minimum absolute atomic E-state index is 0.00453. The van der Waals surface area contributed by atoms with E-state index in [0.29, 0.717) is 25.7 Å². The Labute approximate surface area is 274 Å². The predicted molar refractivity (Wildman–Crippen MR) is 159 cm³/mol. The minimum atomic E-state index is -6.88. The number of alkyl halides is 10. The van der Waals surface area contributed by atoms with Crippen molar-refractivity contribution < 1.29 is 58.5 Å². The van der Waals surface area contributed by atoms with Crippen molar-refractivity contribution >= 4 is 5.78 Å². The Kier molecular flexibility index (Phi) is 11.2. The van der Waals surface area contributed by atoms with Crippen molar-refractivity contribution in [3.8, 4) is 5.75 Å². The van der Waals surface area contributed by atoms with Crippen LogP contribution in [0.15, 0.2) is 18.2 Å². The summed E-state index contributed by atoms with van der Waals surface area (Å²) < 4.78 is 132. The number of aromatic hydroxyl groups is 1. The number of halogens is 10. The van der Waals surface area contributed by atoms with Gasteiger partial charge < -0.3 is 15.0 Å². The fourth-order valence-electron chi connectivity index (χ4n) is 8.69. The van der Waals surface area contributed by atoms with E-state index in [4.69, 9.17) is 0 Å². The van der Waals surface area contributed by atoms with Crippen molar-refractivity contribution in [2.75, 3.05) is 20.1 Å². The number of hydrogen-bond donors (Lipinski definition) is 1. The smallest absolute Gasteiger partial charge is 0.460 e. The summed E-state index contributed by atoms with van der Waals surface area (Å²) in [5.74, 6) is -19.0. The third-order valence-electron chi connectivity index (χ3n) is 11.3. The molecule has 0 aliphatic heterocycles. The van der Waals surface area contributed by atoms with Crippen LogP contribution in [0.4, 0.5) is 43.9 Å². The van der Waals surface area contributed by atoms with Crippen molar-refractivity contribution in [2.45, 2.75) is 126 Å². The molecule has 0 heterocycles. The highest BCUT2D eigenvalue weighted by Gasteiger charge is 2.81. The molecule has 274 valence electrons. The number of phenolic OH excluding ortho intramolecular Hbond substituents is 1. The van der Waals surface area contributed by atoms with Gasteiger partial charge in [-0.1, -0.05) is 25.8 Å². The van der Waals surface area contributed by atoms with Crippen LogP contribution >= 0.6 is 0 Å². The van der Waals surface area contributed by atoms with Gasteiger partial charge in [0.15, 0.2) is 0 Å². The van der Waals surface area contributed by atoms with Gasteiger partial charge in [-0.05, 0) is 98.8 Å². The van der Waals surface area contributed by atoms with E-state index in [1.807, 2.05) is 13.0 Å². The van der Waals surface area contributed by atoms with Gasteiger partial charge in [0.25, 0.3) is 0 Å². The molecule has 2 fully saturated rings. The molecule has 4 rings (SSSR count). The van der Waals surface area contributed by atoms with Gasteiger partial charge in [-0.25, -0.2) is 4.39 Å². The van der Waals surface area contributed by atoms with E-state index in [1.54, 1.807) is 12.1 Å². The van der Waals surface area contributed by atoms with Crippen LogP contribution in [0.5, 0.6) is 5.75 Å². The number of unbranched alkanes of at least 4 members (excludes halogenated alkanes) is 5. The first-order valence-electron chi connectivity index (χ1n) is 16.8. The van der Waals surface area contributed by atoms with E-state index in [9.17, 15) is 54.6 Å². The Morgan fingerprint density at radius 3 is 2.15 bits per heavy atom. The van der Waals surface area contributed by atoms with Crippen molar-refractivity contribution in [3.63, 3.8) is 0 Å². The number of hydrogen-bond acceptors (Lipinski definition) is 3. The fraction of sp³-hybridized carbons (Fsp3) is 0.794. The summed E-state index contributed by atoms with van der Waals surface area (Å²) in [5, 5.41) is 23.0. The quantitative estimate of drug-likeness (QED) is 0.0856. The normalized spacial score (nSPS) is 29.3. The molecular weight excluding hydrogens is 660 g/mol. The van der Waals surface area contributed by atoms with Gasteiger partial charge in [-0.2, -0.15) is 39.5 Å². The van der Waals surface area contributed by atoms with Crippen LogP contribution in [0.25, 0.3) is 0 Å². The number of carbonyl (C=O) groups is 1. The second-order valence-corrected chi connectivity index (χ2v) is 14.8. The van der Waals surface area contributed by atoms with Crippen LogP contribution in [0.2, 0.25) is 0 Å². The highest BCUT2D eigenvalue weighted by Crippen LogP contribution is 2.62. The third-order valence-corrected chi connectivity index (χ3v) is 11.3. The van der Waals surface area contributed by atoms with Crippen LogP contribution in [-0.2, 0) is 11.2 Å². The number of phenols is 1. The molecule has 0 bridgehead atoms. The summed E-state index contributed by atoms with van der Waals surface area (Å²) in [6.45, 7) is 2.23. The Hall–Kier alpha value is -2.09. The molecule has 3 aliphatic rings. The number of Topliss-reactive ketones (excluding diaryl/α,β-unsaturated/α-hetero) is 1. The van der Waals surface area contributed by atoms with E-state index >= 15 is 4.39 Å².